The number of hydrogen-bond acceptors (Lipinski definition) is 7. The Kier molecular flexibility index (Phi) is 9.76. The quantitative estimate of drug-likeness (QED) is 0.187. The Morgan fingerprint density at radius 2 is 1.90 bits per heavy atom. The van der Waals surface area contributed by atoms with Crippen molar-refractivity contribution < 1.29 is 37.3 Å². The second-order valence-electron chi connectivity index (χ2n) is 8.92. The molecule has 1 heterocycles. The highest BCUT2D eigenvalue weighted by Crippen LogP contribution is 2.38. The molecule has 170 valence electrons. The number of hydrogen-bond donors (Lipinski definition) is 0. The van der Waals surface area contributed by atoms with E-state index in [1.807, 2.05) is 39.9 Å². The number of likely N-dealkylation sites (N-methyl/N-ethyl adjacent to an activating group) is 1. The summed E-state index contributed by atoms with van der Waals surface area (Å²) in [7, 11) is 1.34. The van der Waals surface area contributed by atoms with Crippen molar-refractivity contribution >= 4 is 19.7 Å². The number of amides is 1. The van der Waals surface area contributed by atoms with Gasteiger partial charge in [-0.25, -0.2) is 0 Å². The SMILES string of the molecule is CCC(C)(CC(C)N1CCCC1=O)C(=O)OCCOP(=O)([O-])OCC[N+](C)(C)C. The number of nitrogens with zero attached hydrogens (tertiary/aromatic N) is 2. The first-order valence-electron chi connectivity index (χ1n) is 10.2. The zero-order valence-corrected chi connectivity index (χ0v) is 19.5. The van der Waals surface area contributed by atoms with Crippen molar-refractivity contribution in [3.8, 4) is 0 Å². The van der Waals surface area contributed by atoms with Gasteiger partial charge >= 0.3 is 5.97 Å². The topological polar surface area (TPSA) is 105 Å². The fraction of sp³-hybridized carbons (Fsp3) is 0.895. The molecule has 0 aromatic heterocycles. The van der Waals surface area contributed by atoms with Gasteiger partial charge in [-0.05, 0) is 33.1 Å². The van der Waals surface area contributed by atoms with E-state index in [1.165, 1.54) is 0 Å². The minimum absolute atomic E-state index is 0.0189. The number of phosphoric acid groups is 1. The fourth-order valence-corrected chi connectivity index (χ4v) is 3.87. The average molecular weight is 436 g/mol. The van der Waals surface area contributed by atoms with Crippen molar-refractivity contribution in [2.75, 3.05) is 54.1 Å². The standard InChI is InChI=1S/C19H37N2O7P/c1-7-19(3,15-16(2)20-10-8-9-17(20)22)18(23)26-13-14-28-29(24,25)27-12-11-21(4,5)6/h16H,7-15H2,1-6H3. The predicted molar refractivity (Wildman–Crippen MR) is 107 cm³/mol. The first kappa shape index (κ1) is 26.0. The van der Waals surface area contributed by atoms with Gasteiger partial charge in [-0.1, -0.05) is 6.92 Å². The molecule has 3 unspecified atom stereocenters. The fourth-order valence-electron chi connectivity index (χ4n) is 3.19. The van der Waals surface area contributed by atoms with E-state index in [0.717, 1.165) is 13.0 Å². The van der Waals surface area contributed by atoms with Crippen LogP contribution in [0.15, 0.2) is 0 Å². The lowest BCUT2D eigenvalue weighted by Gasteiger charge is -2.33. The van der Waals surface area contributed by atoms with E-state index < -0.39 is 19.2 Å². The summed E-state index contributed by atoms with van der Waals surface area (Å²) in [5, 5.41) is 0. The number of carbonyl (C=O) groups is 2. The van der Waals surface area contributed by atoms with Gasteiger partial charge in [-0.2, -0.15) is 0 Å². The maximum absolute atomic E-state index is 12.6. The monoisotopic (exact) mass is 436 g/mol. The third-order valence-corrected chi connectivity index (χ3v) is 6.24. The van der Waals surface area contributed by atoms with Gasteiger partial charge in [0.25, 0.3) is 7.82 Å². The molecule has 0 aliphatic carbocycles. The lowest BCUT2D eigenvalue weighted by Crippen LogP contribution is -2.41. The molecule has 1 aliphatic heterocycles. The average Bonchev–Trinajstić information content (AvgIpc) is 3.03. The summed E-state index contributed by atoms with van der Waals surface area (Å²) in [5.74, 6) is -0.303. The van der Waals surface area contributed by atoms with Gasteiger partial charge in [0.1, 0.15) is 19.8 Å². The van der Waals surface area contributed by atoms with Gasteiger partial charge in [0.15, 0.2) is 0 Å². The summed E-state index contributed by atoms with van der Waals surface area (Å²) in [5.41, 5.74) is -0.759. The normalized spacial score (nSPS) is 20.2. The Bertz CT molecular complexity index is 608. The second kappa shape index (κ2) is 10.9. The zero-order chi connectivity index (χ0) is 22.3. The largest absolute Gasteiger partial charge is 0.756 e. The zero-order valence-electron chi connectivity index (χ0n) is 18.6. The molecule has 1 aliphatic rings. The molecule has 10 heteroatoms. The van der Waals surface area contributed by atoms with Crippen LogP contribution in [0.5, 0.6) is 0 Å². The van der Waals surface area contributed by atoms with E-state index in [4.69, 9.17) is 13.8 Å². The molecule has 0 bridgehead atoms. The lowest BCUT2D eigenvalue weighted by atomic mass is 9.81. The van der Waals surface area contributed by atoms with Gasteiger partial charge in [-0.15, -0.1) is 0 Å². The summed E-state index contributed by atoms with van der Waals surface area (Å²) in [6, 6.07) is -0.0600. The molecule has 3 atom stereocenters. The Hall–Kier alpha value is -0.990. The summed E-state index contributed by atoms with van der Waals surface area (Å²) in [4.78, 5) is 38.0. The summed E-state index contributed by atoms with van der Waals surface area (Å²) >= 11 is 0. The third kappa shape index (κ3) is 9.13. The Labute approximate surface area is 174 Å². The molecule has 1 fully saturated rings. The van der Waals surface area contributed by atoms with Crippen LogP contribution in [0.2, 0.25) is 0 Å². The Balaban J connectivity index is 2.42. The molecular weight excluding hydrogens is 399 g/mol. The molecular formula is C19H37N2O7P. The minimum atomic E-state index is -4.43. The van der Waals surface area contributed by atoms with Crippen molar-refractivity contribution in [3.05, 3.63) is 0 Å². The van der Waals surface area contributed by atoms with Gasteiger partial charge in [0, 0.05) is 19.0 Å². The van der Waals surface area contributed by atoms with Crippen LogP contribution in [0.25, 0.3) is 0 Å². The number of ether oxygens (including phenoxy) is 1. The number of carbonyl (C=O) groups excluding carboxylic acids is 2. The minimum Gasteiger partial charge on any atom is -0.756 e. The van der Waals surface area contributed by atoms with E-state index >= 15 is 0 Å². The van der Waals surface area contributed by atoms with Crippen LogP contribution in [0.4, 0.5) is 0 Å². The molecule has 1 amide bonds. The first-order chi connectivity index (χ1) is 13.3. The molecule has 0 spiro atoms. The molecule has 9 nitrogen and oxygen atoms in total. The van der Waals surface area contributed by atoms with Crippen molar-refractivity contribution in [2.24, 2.45) is 5.41 Å². The van der Waals surface area contributed by atoms with E-state index in [0.29, 0.717) is 30.3 Å². The highest BCUT2D eigenvalue weighted by atomic mass is 31.2. The molecule has 0 saturated carbocycles. The summed E-state index contributed by atoms with van der Waals surface area (Å²) in [6.07, 6.45) is 2.44. The Morgan fingerprint density at radius 3 is 2.41 bits per heavy atom. The lowest BCUT2D eigenvalue weighted by molar-refractivity contribution is -0.870. The smallest absolute Gasteiger partial charge is 0.311 e. The highest BCUT2D eigenvalue weighted by molar-refractivity contribution is 7.45. The molecule has 0 radical (unpaired) electrons. The van der Waals surface area contributed by atoms with Crippen LogP contribution in [-0.2, 0) is 27.9 Å². The van der Waals surface area contributed by atoms with Crippen LogP contribution >= 0.6 is 7.82 Å². The van der Waals surface area contributed by atoms with Crippen molar-refractivity contribution in [1.29, 1.82) is 0 Å². The first-order valence-corrected chi connectivity index (χ1v) is 11.6. The number of likely N-dealkylation sites (tertiary alicyclic amines) is 1. The summed E-state index contributed by atoms with van der Waals surface area (Å²) in [6.45, 7) is 6.41. The maximum atomic E-state index is 12.6. The molecule has 0 aromatic carbocycles. The second-order valence-corrected chi connectivity index (χ2v) is 10.3. The molecule has 29 heavy (non-hydrogen) atoms. The van der Waals surface area contributed by atoms with Crippen LogP contribution < -0.4 is 4.89 Å². The maximum Gasteiger partial charge on any atom is 0.311 e. The summed E-state index contributed by atoms with van der Waals surface area (Å²) < 4.78 is 27.1. The Morgan fingerprint density at radius 1 is 1.28 bits per heavy atom. The van der Waals surface area contributed by atoms with Gasteiger partial charge < -0.3 is 28.1 Å². The van der Waals surface area contributed by atoms with Crippen LogP contribution in [0.3, 0.4) is 0 Å². The number of phosphoric ester groups is 1. The van der Waals surface area contributed by atoms with Crippen molar-refractivity contribution in [3.63, 3.8) is 0 Å². The third-order valence-electron chi connectivity index (χ3n) is 5.24. The van der Waals surface area contributed by atoms with Crippen LogP contribution in [0, 0.1) is 5.41 Å². The van der Waals surface area contributed by atoms with E-state index in [1.54, 1.807) is 6.92 Å². The highest BCUT2D eigenvalue weighted by Gasteiger charge is 2.37. The van der Waals surface area contributed by atoms with Crippen molar-refractivity contribution in [2.45, 2.75) is 52.5 Å². The van der Waals surface area contributed by atoms with Gasteiger partial charge in [-0.3, -0.25) is 14.2 Å². The molecule has 1 saturated heterocycles. The number of esters is 1. The van der Waals surface area contributed by atoms with E-state index in [-0.39, 0.29) is 31.8 Å². The molecule has 0 aromatic rings. The van der Waals surface area contributed by atoms with Crippen LogP contribution in [0.1, 0.15) is 46.5 Å². The van der Waals surface area contributed by atoms with Crippen LogP contribution in [-0.4, -0.2) is 81.4 Å². The van der Waals surface area contributed by atoms with Gasteiger partial charge in [0.2, 0.25) is 5.91 Å². The number of quaternary nitrogens is 1. The molecule has 0 N–H and O–H groups in total. The predicted octanol–water partition coefficient (Wildman–Crippen LogP) is 1.55. The number of rotatable bonds is 13. The molecule has 1 rings (SSSR count). The van der Waals surface area contributed by atoms with E-state index in [9.17, 15) is 19.0 Å². The van der Waals surface area contributed by atoms with Crippen molar-refractivity contribution in [1.82, 2.24) is 4.90 Å². The van der Waals surface area contributed by atoms with Gasteiger partial charge in [0.05, 0.1) is 33.2 Å². The van der Waals surface area contributed by atoms with E-state index in [2.05, 4.69) is 0 Å².